The molecule has 6 heteroatoms. The van der Waals surface area contributed by atoms with Crippen LogP contribution in [0.1, 0.15) is 21.6 Å². The first-order valence-electron chi connectivity index (χ1n) is 9.08. The molecular weight excluding hydrogens is 372 g/mol. The summed E-state index contributed by atoms with van der Waals surface area (Å²) in [5.41, 5.74) is 4.39. The zero-order chi connectivity index (χ0) is 19.7. The molecule has 142 valence electrons. The fourth-order valence-corrected chi connectivity index (χ4v) is 3.53. The van der Waals surface area contributed by atoms with E-state index in [0.717, 1.165) is 22.3 Å². The number of nitrogens with zero attached hydrogens (tertiary/aromatic N) is 4. The molecule has 4 aromatic rings. The minimum Gasteiger partial charge on any atom is -0.353 e. The first-order valence-corrected chi connectivity index (χ1v) is 9.46. The van der Waals surface area contributed by atoms with Crippen LogP contribution in [0.3, 0.4) is 0 Å². The van der Waals surface area contributed by atoms with Crippen molar-refractivity contribution >= 4 is 28.5 Å². The highest BCUT2D eigenvalue weighted by Crippen LogP contribution is 2.21. The maximum absolute atomic E-state index is 13.4. The van der Waals surface area contributed by atoms with Crippen molar-refractivity contribution in [3.63, 3.8) is 0 Å². The number of halogens is 1. The van der Waals surface area contributed by atoms with E-state index in [1.54, 1.807) is 4.57 Å². The Morgan fingerprint density at radius 3 is 2.54 bits per heavy atom. The van der Waals surface area contributed by atoms with Crippen LogP contribution < -0.4 is 0 Å². The van der Waals surface area contributed by atoms with Gasteiger partial charge in [-0.25, -0.2) is 4.98 Å². The second-order valence-electron chi connectivity index (χ2n) is 6.90. The van der Waals surface area contributed by atoms with Gasteiger partial charge in [-0.05, 0) is 47.5 Å². The summed E-state index contributed by atoms with van der Waals surface area (Å²) in [6.07, 6.45) is 1.99. The zero-order valence-corrected chi connectivity index (χ0v) is 16.6. The van der Waals surface area contributed by atoms with Crippen LogP contribution in [0.15, 0.2) is 66.9 Å². The number of carbonyl (C=O) groups is 1. The molecule has 2 aromatic heterocycles. The number of amides is 1. The summed E-state index contributed by atoms with van der Waals surface area (Å²) in [5, 5.41) is 0.407. The highest BCUT2D eigenvalue weighted by atomic mass is 35.5. The summed E-state index contributed by atoms with van der Waals surface area (Å²) in [4.78, 5) is 19.6. The minimum atomic E-state index is -0.0336. The predicted molar refractivity (Wildman–Crippen MR) is 111 cm³/mol. The van der Waals surface area contributed by atoms with Gasteiger partial charge in [0.2, 0.25) is 5.28 Å². The van der Waals surface area contributed by atoms with Crippen LogP contribution in [-0.4, -0.2) is 24.9 Å². The number of benzene rings is 2. The molecule has 0 bridgehead atoms. The number of hydrogen-bond acceptors (Lipinski definition) is 2. The monoisotopic (exact) mass is 392 g/mol. The normalized spacial score (nSPS) is 11.1. The zero-order valence-electron chi connectivity index (χ0n) is 15.8. The first kappa shape index (κ1) is 18.3. The van der Waals surface area contributed by atoms with Crippen molar-refractivity contribution in [3.05, 3.63) is 89.0 Å². The van der Waals surface area contributed by atoms with Gasteiger partial charge in [0.05, 0.1) is 17.6 Å². The Labute approximate surface area is 168 Å². The van der Waals surface area contributed by atoms with Crippen molar-refractivity contribution in [2.45, 2.75) is 13.1 Å². The molecule has 0 fully saturated rings. The van der Waals surface area contributed by atoms with Crippen LogP contribution in [0, 0.1) is 0 Å². The topological polar surface area (TPSA) is 43.1 Å². The molecule has 1 amide bonds. The van der Waals surface area contributed by atoms with Crippen LogP contribution in [-0.2, 0) is 27.2 Å². The van der Waals surface area contributed by atoms with Gasteiger partial charge in [-0.1, -0.05) is 30.3 Å². The van der Waals surface area contributed by atoms with Crippen LogP contribution in [0.25, 0.3) is 11.0 Å². The first-order chi connectivity index (χ1) is 13.5. The SMILES string of the molecule is Cn1cccc1CN(Cc1ccccc1)C(=O)c1ccc2c(c1)nc(Cl)n2C. The van der Waals surface area contributed by atoms with E-state index in [2.05, 4.69) is 4.98 Å². The van der Waals surface area contributed by atoms with Crippen molar-refractivity contribution in [1.29, 1.82) is 0 Å². The van der Waals surface area contributed by atoms with Crippen molar-refractivity contribution < 1.29 is 4.79 Å². The fourth-order valence-electron chi connectivity index (χ4n) is 3.35. The summed E-state index contributed by atoms with van der Waals surface area (Å²) in [6, 6.07) is 19.6. The van der Waals surface area contributed by atoms with Gasteiger partial charge in [0.1, 0.15) is 0 Å². The molecule has 0 unspecified atom stereocenters. The predicted octanol–water partition coefficient (Wildman–Crippen LogP) is 4.41. The maximum atomic E-state index is 13.4. The van der Waals surface area contributed by atoms with Crippen molar-refractivity contribution in [3.8, 4) is 0 Å². The second-order valence-corrected chi connectivity index (χ2v) is 7.24. The van der Waals surface area contributed by atoms with E-state index >= 15 is 0 Å². The van der Waals surface area contributed by atoms with Gasteiger partial charge in [0.15, 0.2) is 0 Å². The molecule has 0 aliphatic carbocycles. The molecule has 0 aliphatic rings. The Bertz CT molecular complexity index is 1130. The van der Waals surface area contributed by atoms with Gasteiger partial charge >= 0.3 is 0 Å². The van der Waals surface area contributed by atoms with E-state index in [-0.39, 0.29) is 5.91 Å². The summed E-state index contributed by atoms with van der Waals surface area (Å²) in [7, 11) is 3.85. The molecule has 0 saturated heterocycles. The molecule has 2 aromatic carbocycles. The molecule has 4 rings (SSSR count). The number of imidazole rings is 1. The number of aromatic nitrogens is 3. The number of carbonyl (C=O) groups excluding carboxylic acids is 1. The average molecular weight is 393 g/mol. The van der Waals surface area contributed by atoms with Crippen molar-refractivity contribution in [2.24, 2.45) is 14.1 Å². The average Bonchev–Trinajstić information content (AvgIpc) is 3.23. The summed E-state index contributed by atoms with van der Waals surface area (Å²) in [6.45, 7) is 1.06. The number of hydrogen-bond donors (Lipinski definition) is 0. The van der Waals surface area contributed by atoms with Crippen LogP contribution in [0.2, 0.25) is 5.28 Å². The van der Waals surface area contributed by atoms with Crippen LogP contribution >= 0.6 is 11.6 Å². The van der Waals surface area contributed by atoms with Gasteiger partial charge in [0, 0.05) is 38.1 Å². The van der Waals surface area contributed by atoms with E-state index < -0.39 is 0 Å². The lowest BCUT2D eigenvalue weighted by Crippen LogP contribution is -2.30. The van der Waals surface area contributed by atoms with Crippen molar-refractivity contribution in [2.75, 3.05) is 0 Å². The summed E-state index contributed by atoms with van der Waals surface area (Å²) < 4.78 is 3.84. The molecule has 0 atom stereocenters. The maximum Gasteiger partial charge on any atom is 0.254 e. The molecule has 5 nitrogen and oxygen atoms in total. The molecule has 2 heterocycles. The van der Waals surface area contributed by atoms with E-state index in [1.807, 2.05) is 90.4 Å². The summed E-state index contributed by atoms with van der Waals surface area (Å²) >= 11 is 6.12. The smallest absolute Gasteiger partial charge is 0.254 e. The van der Waals surface area contributed by atoms with Crippen LogP contribution in [0.5, 0.6) is 0 Å². The third-order valence-electron chi connectivity index (χ3n) is 4.98. The minimum absolute atomic E-state index is 0.0336. The quantitative estimate of drug-likeness (QED) is 0.505. The highest BCUT2D eigenvalue weighted by Gasteiger charge is 2.19. The lowest BCUT2D eigenvalue weighted by molar-refractivity contribution is 0.0726. The Kier molecular flexibility index (Phi) is 4.92. The van der Waals surface area contributed by atoms with E-state index in [4.69, 9.17) is 11.6 Å². The molecule has 28 heavy (non-hydrogen) atoms. The largest absolute Gasteiger partial charge is 0.353 e. The third-order valence-corrected chi connectivity index (χ3v) is 5.32. The third kappa shape index (κ3) is 3.53. The van der Waals surface area contributed by atoms with Gasteiger partial charge < -0.3 is 14.0 Å². The van der Waals surface area contributed by atoms with Crippen LogP contribution in [0.4, 0.5) is 0 Å². The Morgan fingerprint density at radius 1 is 1.04 bits per heavy atom. The van der Waals surface area contributed by atoms with Gasteiger partial charge in [-0.3, -0.25) is 4.79 Å². The second kappa shape index (κ2) is 7.52. The Hall–Kier alpha value is -3.05. The fraction of sp³-hybridized carbons (Fsp3) is 0.182. The van der Waals surface area contributed by atoms with E-state index in [9.17, 15) is 4.79 Å². The van der Waals surface area contributed by atoms with Gasteiger partial charge in [-0.15, -0.1) is 0 Å². The molecule has 0 saturated carbocycles. The van der Waals surface area contributed by atoms with Gasteiger partial charge in [0.25, 0.3) is 5.91 Å². The summed E-state index contributed by atoms with van der Waals surface area (Å²) in [5.74, 6) is -0.0336. The molecule has 0 N–H and O–H groups in total. The standard InChI is InChI=1S/C22H21ClN4O/c1-25-12-6-9-18(25)15-27(14-16-7-4-3-5-8-16)21(28)17-10-11-20-19(13-17)24-22(23)26(20)2/h3-13H,14-15H2,1-2H3. The molecule has 0 spiro atoms. The van der Waals surface area contributed by atoms with Crippen molar-refractivity contribution in [1.82, 2.24) is 19.0 Å². The number of fused-ring (bicyclic) bond motifs is 1. The number of rotatable bonds is 5. The molecule has 0 aliphatic heterocycles. The molecular formula is C22H21ClN4O. The lowest BCUT2D eigenvalue weighted by atomic mass is 10.1. The Morgan fingerprint density at radius 2 is 1.82 bits per heavy atom. The Balaban J connectivity index is 1.68. The van der Waals surface area contributed by atoms with E-state index in [0.29, 0.717) is 23.9 Å². The highest BCUT2D eigenvalue weighted by molar-refractivity contribution is 6.29. The molecule has 0 radical (unpaired) electrons. The lowest BCUT2D eigenvalue weighted by Gasteiger charge is -2.23. The van der Waals surface area contributed by atoms with E-state index in [1.165, 1.54) is 0 Å². The van der Waals surface area contributed by atoms with Gasteiger partial charge in [-0.2, -0.15) is 0 Å². The number of aryl methyl sites for hydroxylation is 2.